The van der Waals surface area contributed by atoms with Gasteiger partial charge < -0.3 is 0 Å². The number of nitrogens with zero attached hydrogens (tertiary/aromatic N) is 3. The van der Waals surface area contributed by atoms with Crippen molar-refractivity contribution in [3.63, 3.8) is 0 Å². The molecule has 0 aliphatic rings. The minimum absolute atomic E-state index is 0.882. The van der Waals surface area contributed by atoms with E-state index in [9.17, 15) is 0 Å². The first-order valence-corrected chi connectivity index (χ1v) is 6.95. The van der Waals surface area contributed by atoms with Gasteiger partial charge >= 0.3 is 0 Å². The number of aromatic nitrogens is 3. The van der Waals surface area contributed by atoms with Crippen LogP contribution in [0.2, 0.25) is 0 Å². The zero-order valence-corrected chi connectivity index (χ0v) is 10.5. The van der Waals surface area contributed by atoms with Crippen molar-refractivity contribution in [3.05, 3.63) is 48.4 Å². The molecule has 0 spiro atoms. The van der Waals surface area contributed by atoms with Crippen molar-refractivity contribution in [2.75, 3.05) is 0 Å². The van der Waals surface area contributed by atoms with Crippen molar-refractivity contribution in [3.8, 4) is 0 Å². The summed E-state index contributed by atoms with van der Waals surface area (Å²) in [6.07, 6.45) is 3.32. The average molecular weight is 259 g/mol. The van der Waals surface area contributed by atoms with E-state index in [0.29, 0.717) is 0 Å². The van der Waals surface area contributed by atoms with Crippen LogP contribution in [0.3, 0.4) is 0 Å². The third kappa shape index (κ3) is 2.45. The van der Waals surface area contributed by atoms with Gasteiger partial charge in [0, 0.05) is 5.75 Å². The van der Waals surface area contributed by atoms with Gasteiger partial charge in [-0.2, -0.15) is 0 Å². The first kappa shape index (κ1) is 10.7. The molecule has 3 aromatic rings. The second-order valence-corrected chi connectivity index (χ2v) is 5.67. The Balaban J connectivity index is 1.77. The van der Waals surface area contributed by atoms with E-state index in [1.165, 1.54) is 5.56 Å². The van der Waals surface area contributed by atoms with E-state index < -0.39 is 0 Å². The lowest BCUT2D eigenvalue weighted by atomic mass is 10.2. The second kappa shape index (κ2) is 4.81. The second-order valence-electron chi connectivity index (χ2n) is 3.47. The van der Waals surface area contributed by atoms with Gasteiger partial charge in [0.2, 0.25) is 0 Å². The molecule has 0 saturated heterocycles. The average Bonchev–Trinajstić information content (AvgIpc) is 2.80. The maximum Gasteiger partial charge on any atom is 0.153 e. The Morgan fingerprint density at radius 1 is 1.18 bits per heavy atom. The largest absolute Gasteiger partial charge is 0.242 e. The van der Waals surface area contributed by atoms with Crippen LogP contribution in [-0.2, 0) is 5.75 Å². The summed E-state index contributed by atoms with van der Waals surface area (Å²) in [6, 6.07) is 10.4. The summed E-state index contributed by atoms with van der Waals surface area (Å²) in [5.74, 6) is 0.939. The fraction of sp³-hybridized carbons (Fsp3) is 0.0833. The van der Waals surface area contributed by atoms with Gasteiger partial charge in [-0.25, -0.2) is 15.0 Å². The molecule has 0 amide bonds. The zero-order valence-electron chi connectivity index (χ0n) is 8.91. The van der Waals surface area contributed by atoms with Gasteiger partial charge in [-0.15, -0.1) is 0 Å². The highest BCUT2D eigenvalue weighted by Gasteiger charge is 2.05. The predicted octanol–water partition coefficient (Wildman–Crippen LogP) is 3.38. The Kier molecular flexibility index (Phi) is 3.02. The molecule has 0 saturated carbocycles. The van der Waals surface area contributed by atoms with Gasteiger partial charge in [0.05, 0.1) is 6.20 Å². The van der Waals surface area contributed by atoms with Gasteiger partial charge in [-0.05, 0) is 5.56 Å². The molecule has 3 rings (SSSR count). The number of thioether (sulfide) groups is 1. The topological polar surface area (TPSA) is 38.7 Å². The minimum atomic E-state index is 0.882. The number of hydrogen-bond acceptors (Lipinski definition) is 5. The van der Waals surface area contributed by atoms with Crippen LogP contribution in [0.15, 0.2) is 47.2 Å². The van der Waals surface area contributed by atoms with E-state index in [4.69, 9.17) is 0 Å². The van der Waals surface area contributed by atoms with Crippen molar-refractivity contribution in [1.29, 1.82) is 0 Å². The van der Waals surface area contributed by atoms with Crippen LogP contribution in [-0.4, -0.2) is 15.0 Å². The lowest BCUT2D eigenvalue weighted by Gasteiger charge is -1.96. The molecule has 0 unspecified atom stereocenters. The van der Waals surface area contributed by atoms with Crippen molar-refractivity contribution in [1.82, 2.24) is 15.0 Å². The molecular weight excluding hydrogens is 250 g/mol. The quantitative estimate of drug-likeness (QED) is 0.676. The Labute approximate surface area is 107 Å². The molecule has 0 radical (unpaired) electrons. The summed E-state index contributed by atoms with van der Waals surface area (Å²) in [5.41, 5.74) is 2.19. The molecule has 0 aliphatic heterocycles. The summed E-state index contributed by atoms with van der Waals surface area (Å²) in [4.78, 5) is 13.6. The molecule has 0 fully saturated rings. The van der Waals surface area contributed by atoms with Gasteiger partial charge in [0.1, 0.15) is 16.7 Å². The standard InChI is InChI=1S/C12H9N3S2/c1-2-4-9(5-3-1)7-16-12-15-10-6-13-8-14-11(10)17-12/h1-6,8H,7H2. The SMILES string of the molecule is c1ccc(CSc2nc3cncnc3s2)cc1. The monoisotopic (exact) mass is 259 g/mol. The van der Waals surface area contributed by atoms with E-state index in [2.05, 4.69) is 39.2 Å². The van der Waals surface area contributed by atoms with E-state index in [-0.39, 0.29) is 0 Å². The van der Waals surface area contributed by atoms with Crippen molar-refractivity contribution in [2.24, 2.45) is 0 Å². The molecule has 0 bridgehead atoms. The van der Waals surface area contributed by atoms with Crippen LogP contribution >= 0.6 is 23.1 Å². The Morgan fingerprint density at radius 3 is 2.88 bits per heavy atom. The van der Waals surface area contributed by atoms with Crippen LogP contribution in [0, 0.1) is 0 Å². The summed E-state index contributed by atoms with van der Waals surface area (Å²) < 4.78 is 1.05. The molecule has 0 aliphatic carbocycles. The fourth-order valence-electron chi connectivity index (χ4n) is 1.45. The number of benzene rings is 1. The Bertz CT molecular complexity index is 589. The molecule has 0 atom stereocenters. The maximum absolute atomic E-state index is 4.48. The van der Waals surface area contributed by atoms with Crippen LogP contribution in [0.25, 0.3) is 10.3 Å². The lowest BCUT2D eigenvalue weighted by Crippen LogP contribution is -1.78. The third-order valence-electron chi connectivity index (χ3n) is 2.26. The summed E-state index contributed by atoms with van der Waals surface area (Å²) in [6.45, 7) is 0. The lowest BCUT2D eigenvalue weighted by molar-refractivity contribution is 1.20. The highest BCUT2D eigenvalue weighted by atomic mass is 32.2. The third-order valence-corrected chi connectivity index (χ3v) is 4.45. The van der Waals surface area contributed by atoms with Crippen LogP contribution in [0.4, 0.5) is 0 Å². The van der Waals surface area contributed by atoms with E-state index >= 15 is 0 Å². The van der Waals surface area contributed by atoms with Crippen molar-refractivity contribution < 1.29 is 0 Å². The minimum Gasteiger partial charge on any atom is -0.242 e. The molecule has 84 valence electrons. The first-order valence-electron chi connectivity index (χ1n) is 5.15. The first-order chi connectivity index (χ1) is 8.42. The number of thiazole rings is 1. The smallest absolute Gasteiger partial charge is 0.153 e. The van der Waals surface area contributed by atoms with Gasteiger partial charge in [0.25, 0.3) is 0 Å². The number of fused-ring (bicyclic) bond motifs is 1. The predicted molar refractivity (Wildman–Crippen MR) is 71.2 cm³/mol. The Morgan fingerprint density at radius 2 is 2.06 bits per heavy atom. The molecule has 1 aromatic carbocycles. The Hall–Kier alpha value is -1.46. The molecule has 17 heavy (non-hydrogen) atoms. The normalized spacial score (nSPS) is 10.8. The van der Waals surface area contributed by atoms with Crippen molar-refractivity contribution >= 4 is 33.4 Å². The fourth-order valence-corrected chi connectivity index (χ4v) is 3.36. The summed E-state index contributed by atoms with van der Waals surface area (Å²) in [7, 11) is 0. The van der Waals surface area contributed by atoms with Crippen LogP contribution in [0.5, 0.6) is 0 Å². The molecule has 2 heterocycles. The maximum atomic E-state index is 4.48. The zero-order chi connectivity index (χ0) is 11.5. The van der Waals surface area contributed by atoms with E-state index in [1.807, 2.05) is 6.07 Å². The number of hydrogen-bond donors (Lipinski definition) is 0. The highest BCUT2D eigenvalue weighted by molar-refractivity contribution is 8.00. The number of rotatable bonds is 3. The molecule has 3 nitrogen and oxygen atoms in total. The van der Waals surface area contributed by atoms with E-state index in [0.717, 1.165) is 20.4 Å². The molecular formula is C12H9N3S2. The molecule has 5 heteroatoms. The highest BCUT2D eigenvalue weighted by Crippen LogP contribution is 2.29. The van der Waals surface area contributed by atoms with Gasteiger partial charge in [-0.3, -0.25) is 0 Å². The molecule has 0 N–H and O–H groups in total. The summed E-state index contributed by atoms with van der Waals surface area (Å²) in [5, 5.41) is 0. The van der Waals surface area contributed by atoms with Gasteiger partial charge in [0.15, 0.2) is 4.34 Å². The van der Waals surface area contributed by atoms with Crippen molar-refractivity contribution in [2.45, 2.75) is 10.1 Å². The summed E-state index contributed by atoms with van der Waals surface area (Å²) >= 11 is 3.36. The van der Waals surface area contributed by atoms with Crippen LogP contribution in [0.1, 0.15) is 5.56 Å². The van der Waals surface area contributed by atoms with Gasteiger partial charge in [-0.1, -0.05) is 53.4 Å². The molecule has 2 aromatic heterocycles. The van der Waals surface area contributed by atoms with E-state index in [1.54, 1.807) is 35.6 Å². The van der Waals surface area contributed by atoms with Crippen LogP contribution < -0.4 is 0 Å².